The number of hydrogen-bond donors (Lipinski definition) is 2. The Labute approximate surface area is 243 Å². The molecule has 5 aromatic rings. The van der Waals surface area contributed by atoms with Crippen LogP contribution in [-0.2, 0) is 17.6 Å². The van der Waals surface area contributed by atoms with Crippen LogP contribution in [0.3, 0.4) is 0 Å². The van der Waals surface area contributed by atoms with Crippen LogP contribution < -0.4 is 10.2 Å². The van der Waals surface area contributed by atoms with Crippen molar-refractivity contribution >= 4 is 40.1 Å². The fourth-order valence-electron chi connectivity index (χ4n) is 6.27. The van der Waals surface area contributed by atoms with Crippen molar-refractivity contribution in [2.24, 2.45) is 0 Å². The number of para-hydroxylation sites is 2. The summed E-state index contributed by atoms with van der Waals surface area (Å²) in [7, 11) is 0. The van der Waals surface area contributed by atoms with E-state index in [9.17, 15) is 14.4 Å². The smallest absolute Gasteiger partial charge is 0.332 e. The first-order valence-corrected chi connectivity index (χ1v) is 14.3. The molecule has 208 valence electrons. The number of carbonyl (C=O) groups is 3. The first kappa shape index (κ1) is 25.8. The molecule has 7 nitrogen and oxygen atoms in total. The van der Waals surface area contributed by atoms with Crippen molar-refractivity contribution in [2.45, 2.75) is 38.8 Å². The summed E-state index contributed by atoms with van der Waals surface area (Å²) in [5, 5.41) is 3.98. The van der Waals surface area contributed by atoms with Crippen LogP contribution in [0.2, 0.25) is 0 Å². The third-order valence-corrected chi connectivity index (χ3v) is 8.45. The molecule has 0 aliphatic carbocycles. The number of carbonyl (C=O) groups excluding carboxylic acids is 3. The zero-order valence-corrected chi connectivity index (χ0v) is 23.4. The number of anilines is 2. The molecule has 1 aromatic heterocycles. The number of nitrogens with zero attached hydrogens (tertiary/aromatic N) is 2. The molecule has 2 unspecified atom stereocenters. The van der Waals surface area contributed by atoms with Crippen LogP contribution in [0.4, 0.5) is 16.2 Å². The van der Waals surface area contributed by atoms with Gasteiger partial charge in [0, 0.05) is 28.7 Å². The second kappa shape index (κ2) is 10.0. The standard InChI is InChI=1S/C35H30N4O3/c1-3-22-14-18-24(19-15-22)36-33(40)26-9-5-7-11-29(26)39-34(41)30-20-27-25-8-4-6-10-28(25)37-31(27)32(38(30)35(39)42)23-16-12-21(2)13-17-23/h4-19,30,32,37H,3,20H2,1-2H3,(H,36,40). The summed E-state index contributed by atoms with van der Waals surface area (Å²) in [5.41, 5.74) is 7.32. The Kier molecular flexibility index (Phi) is 6.16. The van der Waals surface area contributed by atoms with Crippen LogP contribution in [0, 0.1) is 6.92 Å². The Bertz CT molecular complexity index is 1860. The van der Waals surface area contributed by atoms with E-state index in [0.717, 1.165) is 39.7 Å². The molecule has 0 radical (unpaired) electrons. The third-order valence-electron chi connectivity index (χ3n) is 8.45. The normalized spacial score (nSPS) is 17.9. The van der Waals surface area contributed by atoms with Gasteiger partial charge in [0.1, 0.15) is 12.1 Å². The lowest BCUT2D eigenvalue weighted by molar-refractivity contribution is -0.120. The number of amides is 4. The Balaban J connectivity index is 1.29. The Morgan fingerprint density at radius 2 is 1.62 bits per heavy atom. The van der Waals surface area contributed by atoms with Crippen molar-refractivity contribution in [3.05, 3.63) is 131 Å². The molecule has 2 aliphatic rings. The number of aromatic nitrogens is 1. The number of nitrogens with one attached hydrogen (secondary N) is 2. The highest BCUT2D eigenvalue weighted by Gasteiger charge is 2.53. The van der Waals surface area contributed by atoms with E-state index in [1.807, 2.05) is 73.7 Å². The number of hydrogen-bond acceptors (Lipinski definition) is 3. The summed E-state index contributed by atoms with van der Waals surface area (Å²) in [6, 6.07) is 28.9. The number of aryl methyl sites for hydroxylation is 2. The van der Waals surface area contributed by atoms with Gasteiger partial charge in [0.25, 0.3) is 11.8 Å². The van der Waals surface area contributed by atoms with E-state index < -0.39 is 18.1 Å². The molecule has 0 saturated carbocycles. The van der Waals surface area contributed by atoms with Crippen molar-refractivity contribution in [3.63, 3.8) is 0 Å². The average Bonchev–Trinajstić information content (AvgIpc) is 3.51. The van der Waals surface area contributed by atoms with E-state index in [4.69, 9.17) is 0 Å². The first-order chi connectivity index (χ1) is 20.4. The number of urea groups is 1. The molecule has 0 bridgehead atoms. The molecule has 2 N–H and O–H groups in total. The maximum Gasteiger partial charge on any atom is 0.332 e. The fourth-order valence-corrected chi connectivity index (χ4v) is 6.27. The summed E-state index contributed by atoms with van der Waals surface area (Å²) in [6.45, 7) is 4.10. The van der Waals surface area contributed by atoms with Gasteiger partial charge in [-0.3, -0.25) is 14.5 Å². The van der Waals surface area contributed by atoms with E-state index in [0.29, 0.717) is 12.1 Å². The molecule has 42 heavy (non-hydrogen) atoms. The number of aromatic amines is 1. The number of H-pyrrole nitrogens is 1. The number of benzene rings is 4. The van der Waals surface area contributed by atoms with Crippen LogP contribution in [0.15, 0.2) is 97.1 Å². The topological polar surface area (TPSA) is 85.5 Å². The van der Waals surface area contributed by atoms with Crippen molar-refractivity contribution < 1.29 is 14.4 Å². The van der Waals surface area contributed by atoms with Crippen LogP contribution in [-0.4, -0.2) is 33.8 Å². The first-order valence-electron chi connectivity index (χ1n) is 14.3. The number of rotatable bonds is 5. The Hall–Kier alpha value is -5.17. The predicted octanol–water partition coefficient (Wildman–Crippen LogP) is 6.77. The minimum Gasteiger partial charge on any atom is -0.356 e. The van der Waals surface area contributed by atoms with Crippen LogP contribution >= 0.6 is 0 Å². The van der Waals surface area contributed by atoms with E-state index in [1.165, 1.54) is 10.5 Å². The lowest BCUT2D eigenvalue weighted by Crippen LogP contribution is -2.44. The zero-order chi connectivity index (χ0) is 29.0. The molecule has 1 fully saturated rings. The van der Waals surface area contributed by atoms with Gasteiger partial charge in [-0.05, 0) is 60.4 Å². The Morgan fingerprint density at radius 3 is 2.38 bits per heavy atom. The maximum absolute atomic E-state index is 14.3. The zero-order valence-electron chi connectivity index (χ0n) is 23.4. The van der Waals surface area contributed by atoms with Crippen molar-refractivity contribution in [3.8, 4) is 0 Å². The summed E-state index contributed by atoms with van der Waals surface area (Å²) in [4.78, 5) is 48.4. The summed E-state index contributed by atoms with van der Waals surface area (Å²) in [5.74, 6) is -0.716. The molecule has 2 atom stereocenters. The maximum atomic E-state index is 14.3. The minimum atomic E-state index is -0.701. The molecule has 7 heteroatoms. The van der Waals surface area contributed by atoms with E-state index in [-0.39, 0.29) is 23.1 Å². The largest absolute Gasteiger partial charge is 0.356 e. The number of imide groups is 1. The quantitative estimate of drug-likeness (QED) is 0.235. The molecule has 7 rings (SSSR count). The molecular weight excluding hydrogens is 524 g/mol. The van der Waals surface area contributed by atoms with Crippen molar-refractivity contribution in [1.82, 2.24) is 9.88 Å². The lowest BCUT2D eigenvalue weighted by Gasteiger charge is -2.36. The van der Waals surface area contributed by atoms with E-state index in [2.05, 4.69) is 23.3 Å². The van der Waals surface area contributed by atoms with Crippen LogP contribution in [0.25, 0.3) is 10.9 Å². The lowest BCUT2D eigenvalue weighted by atomic mass is 9.88. The third kappa shape index (κ3) is 4.08. The van der Waals surface area contributed by atoms with Gasteiger partial charge in [0.15, 0.2) is 0 Å². The second-order valence-corrected chi connectivity index (χ2v) is 11.0. The average molecular weight is 555 g/mol. The fraction of sp³-hybridized carbons (Fsp3) is 0.171. The van der Waals surface area contributed by atoms with Gasteiger partial charge < -0.3 is 10.3 Å². The van der Waals surface area contributed by atoms with E-state index >= 15 is 0 Å². The molecule has 3 heterocycles. The van der Waals surface area contributed by atoms with Crippen LogP contribution in [0.5, 0.6) is 0 Å². The summed E-state index contributed by atoms with van der Waals surface area (Å²) < 4.78 is 0. The Morgan fingerprint density at radius 1 is 0.905 bits per heavy atom. The molecule has 4 aromatic carbocycles. The van der Waals surface area contributed by atoms with Gasteiger partial charge in [0.2, 0.25) is 0 Å². The minimum absolute atomic E-state index is 0.259. The summed E-state index contributed by atoms with van der Waals surface area (Å²) in [6.07, 6.45) is 1.29. The van der Waals surface area contributed by atoms with Gasteiger partial charge in [-0.15, -0.1) is 0 Å². The van der Waals surface area contributed by atoms with E-state index in [1.54, 1.807) is 29.2 Å². The van der Waals surface area contributed by atoms with Gasteiger partial charge >= 0.3 is 6.03 Å². The summed E-state index contributed by atoms with van der Waals surface area (Å²) >= 11 is 0. The molecule has 1 saturated heterocycles. The highest BCUT2D eigenvalue weighted by molar-refractivity contribution is 6.24. The predicted molar refractivity (Wildman–Crippen MR) is 164 cm³/mol. The molecule has 2 aliphatic heterocycles. The second-order valence-electron chi connectivity index (χ2n) is 11.0. The molecular formula is C35H30N4O3. The van der Waals surface area contributed by atoms with Gasteiger partial charge in [-0.25, -0.2) is 9.69 Å². The van der Waals surface area contributed by atoms with Crippen molar-refractivity contribution in [1.29, 1.82) is 0 Å². The molecule has 4 amide bonds. The highest BCUT2D eigenvalue weighted by atomic mass is 16.2. The highest BCUT2D eigenvalue weighted by Crippen LogP contribution is 2.45. The van der Waals surface area contributed by atoms with Gasteiger partial charge in [-0.1, -0.05) is 79.2 Å². The van der Waals surface area contributed by atoms with Crippen LogP contribution in [0.1, 0.15) is 51.3 Å². The van der Waals surface area contributed by atoms with Crippen molar-refractivity contribution in [2.75, 3.05) is 10.2 Å². The molecule has 0 spiro atoms. The van der Waals surface area contributed by atoms with Gasteiger partial charge in [-0.2, -0.15) is 0 Å². The SMILES string of the molecule is CCc1ccc(NC(=O)c2ccccc2N2C(=O)C3Cc4c([nH]c5ccccc45)C(c4ccc(C)cc4)N3C2=O)cc1. The van der Waals surface area contributed by atoms with Gasteiger partial charge in [0.05, 0.1) is 11.3 Å². The monoisotopic (exact) mass is 554 g/mol. The number of fused-ring (bicyclic) bond motifs is 4.